The monoisotopic (exact) mass is 445 g/mol. The van der Waals surface area contributed by atoms with Crippen LogP contribution in [0.25, 0.3) is 11.0 Å². The predicted molar refractivity (Wildman–Crippen MR) is 130 cm³/mol. The van der Waals surface area contributed by atoms with E-state index in [9.17, 15) is 4.79 Å². The van der Waals surface area contributed by atoms with Crippen LogP contribution in [0.5, 0.6) is 0 Å². The van der Waals surface area contributed by atoms with Crippen molar-refractivity contribution in [2.75, 3.05) is 24.3 Å². The molecule has 0 aliphatic heterocycles. The molecule has 1 amide bonds. The first-order valence-corrected chi connectivity index (χ1v) is 11.9. The lowest BCUT2D eigenvalue weighted by Gasteiger charge is -2.30. The van der Waals surface area contributed by atoms with Gasteiger partial charge in [-0.2, -0.15) is 4.98 Å². The highest BCUT2D eigenvalue weighted by Crippen LogP contribution is 2.29. The molecule has 2 heterocycles. The van der Waals surface area contributed by atoms with E-state index in [2.05, 4.69) is 39.6 Å². The molecule has 8 nitrogen and oxygen atoms in total. The summed E-state index contributed by atoms with van der Waals surface area (Å²) >= 11 is 0. The Hall–Kier alpha value is -3.29. The molecular formula is C25H31N7O. The van der Waals surface area contributed by atoms with E-state index in [4.69, 9.17) is 9.97 Å². The van der Waals surface area contributed by atoms with Crippen molar-refractivity contribution in [3.05, 3.63) is 47.4 Å². The van der Waals surface area contributed by atoms with Crippen molar-refractivity contribution in [1.82, 2.24) is 25.3 Å². The maximum Gasteiger partial charge on any atom is 0.271 e. The largest absolute Gasteiger partial charge is 0.362 e. The van der Waals surface area contributed by atoms with E-state index in [0.717, 1.165) is 61.3 Å². The van der Waals surface area contributed by atoms with Gasteiger partial charge in [0, 0.05) is 31.7 Å². The van der Waals surface area contributed by atoms with Crippen LogP contribution in [-0.2, 0) is 12.8 Å². The molecule has 0 bridgehead atoms. The lowest BCUT2D eigenvalue weighted by Crippen LogP contribution is -2.40. The van der Waals surface area contributed by atoms with Gasteiger partial charge in [-0.25, -0.2) is 9.97 Å². The number of rotatable bonds is 5. The number of amides is 1. The van der Waals surface area contributed by atoms with Gasteiger partial charge in [-0.05, 0) is 63.5 Å². The summed E-state index contributed by atoms with van der Waals surface area (Å²) in [5, 5.41) is 6.71. The fourth-order valence-electron chi connectivity index (χ4n) is 4.90. The molecule has 2 aromatic heterocycles. The molecular weight excluding hydrogens is 414 g/mol. The van der Waals surface area contributed by atoms with Crippen molar-refractivity contribution in [3.8, 4) is 0 Å². The number of aromatic nitrogens is 4. The average Bonchev–Trinajstić information content (AvgIpc) is 2.84. The fourth-order valence-corrected chi connectivity index (χ4v) is 4.90. The van der Waals surface area contributed by atoms with Crippen LogP contribution in [0, 0.1) is 0 Å². The van der Waals surface area contributed by atoms with E-state index < -0.39 is 0 Å². The molecule has 2 N–H and O–H groups in total. The molecule has 1 saturated carbocycles. The Morgan fingerprint density at radius 3 is 2.45 bits per heavy atom. The number of aryl methyl sites for hydroxylation is 1. The number of nitrogens with zero attached hydrogens (tertiary/aromatic N) is 5. The standard InChI is InChI=1S/C25H31N7O/c1-32(2)23-18-7-3-4-8-19(18)30-25(31-23)28-17-13-11-16(12-14-17)27-24(33)22-15-26-20-9-5-6-10-21(20)29-22/h5-6,9-10,15-17H,3-4,7-8,11-14H2,1-2H3,(H,27,33)(H,28,30,31). The van der Waals surface area contributed by atoms with E-state index in [-0.39, 0.29) is 11.9 Å². The second-order valence-corrected chi connectivity index (χ2v) is 9.31. The molecule has 5 rings (SSSR count). The first-order valence-electron chi connectivity index (χ1n) is 11.9. The topological polar surface area (TPSA) is 95.9 Å². The summed E-state index contributed by atoms with van der Waals surface area (Å²) in [5.41, 5.74) is 4.40. The van der Waals surface area contributed by atoms with Gasteiger partial charge in [0.2, 0.25) is 5.95 Å². The first-order chi connectivity index (χ1) is 16.1. The number of anilines is 2. The number of hydrogen-bond acceptors (Lipinski definition) is 7. The van der Waals surface area contributed by atoms with Gasteiger partial charge in [0.05, 0.1) is 22.9 Å². The van der Waals surface area contributed by atoms with Gasteiger partial charge in [-0.1, -0.05) is 12.1 Å². The molecule has 2 aliphatic rings. The number of carbonyl (C=O) groups is 1. The van der Waals surface area contributed by atoms with Gasteiger partial charge in [0.25, 0.3) is 5.91 Å². The molecule has 0 spiro atoms. The van der Waals surface area contributed by atoms with Crippen LogP contribution in [0.15, 0.2) is 30.5 Å². The molecule has 2 aliphatic carbocycles. The van der Waals surface area contributed by atoms with Gasteiger partial charge >= 0.3 is 0 Å². The van der Waals surface area contributed by atoms with E-state index in [1.165, 1.54) is 24.1 Å². The molecule has 1 aromatic carbocycles. The lowest BCUT2D eigenvalue weighted by molar-refractivity contribution is 0.0921. The minimum Gasteiger partial charge on any atom is -0.362 e. The van der Waals surface area contributed by atoms with Crippen LogP contribution in [0.4, 0.5) is 11.8 Å². The summed E-state index contributed by atoms with van der Waals surface area (Å²) in [6, 6.07) is 8.05. The summed E-state index contributed by atoms with van der Waals surface area (Å²) in [6.07, 6.45) is 9.82. The summed E-state index contributed by atoms with van der Waals surface area (Å²) in [6.45, 7) is 0. The summed E-state index contributed by atoms with van der Waals surface area (Å²) in [4.78, 5) is 33.3. The van der Waals surface area contributed by atoms with Crippen LogP contribution in [0.2, 0.25) is 0 Å². The van der Waals surface area contributed by atoms with Gasteiger partial charge in [-0.15, -0.1) is 0 Å². The summed E-state index contributed by atoms with van der Waals surface area (Å²) < 4.78 is 0. The van der Waals surface area contributed by atoms with Gasteiger partial charge in [0.15, 0.2) is 0 Å². The Labute approximate surface area is 194 Å². The average molecular weight is 446 g/mol. The van der Waals surface area contributed by atoms with Crippen LogP contribution in [0.3, 0.4) is 0 Å². The van der Waals surface area contributed by atoms with Crippen molar-refractivity contribution in [2.45, 2.75) is 63.5 Å². The van der Waals surface area contributed by atoms with Crippen molar-refractivity contribution in [3.63, 3.8) is 0 Å². The first kappa shape index (κ1) is 21.6. The summed E-state index contributed by atoms with van der Waals surface area (Å²) in [7, 11) is 4.10. The number of carbonyl (C=O) groups excluding carboxylic acids is 1. The molecule has 0 atom stereocenters. The molecule has 33 heavy (non-hydrogen) atoms. The molecule has 172 valence electrons. The highest BCUT2D eigenvalue weighted by Gasteiger charge is 2.25. The molecule has 1 fully saturated rings. The summed E-state index contributed by atoms with van der Waals surface area (Å²) in [5.74, 6) is 1.62. The number of benzene rings is 1. The van der Waals surface area contributed by atoms with E-state index in [1.807, 2.05) is 24.3 Å². The normalized spacial score (nSPS) is 20.2. The predicted octanol–water partition coefficient (Wildman–Crippen LogP) is 3.52. The SMILES string of the molecule is CN(C)c1nc(NC2CCC(NC(=O)c3cnc4ccccc4n3)CC2)nc2c1CCCC2. The van der Waals surface area contributed by atoms with Crippen molar-refractivity contribution in [2.24, 2.45) is 0 Å². The fraction of sp³-hybridized carbons (Fsp3) is 0.480. The van der Waals surface area contributed by atoms with Crippen molar-refractivity contribution >= 4 is 28.7 Å². The third-order valence-electron chi connectivity index (χ3n) is 6.66. The minimum atomic E-state index is -0.154. The number of fused-ring (bicyclic) bond motifs is 2. The molecule has 8 heteroatoms. The Balaban J connectivity index is 1.19. The van der Waals surface area contributed by atoms with Gasteiger partial charge in [0.1, 0.15) is 11.5 Å². The Kier molecular flexibility index (Phi) is 6.07. The Morgan fingerprint density at radius 2 is 1.67 bits per heavy atom. The maximum atomic E-state index is 12.7. The number of hydrogen-bond donors (Lipinski definition) is 2. The molecule has 3 aromatic rings. The number of nitrogens with one attached hydrogen (secondary N) is 2. The zero-order valence-corrected chi connectivity index (χ0v) is 19.3. The molecule has 0 unspecified atom stereocenters. The smallest absolute Gasteiger partial charge is 0.271 e. The maximum absolute atomic E-state index is 12.7. The molecule has 0 saturated heterocycles. The van der Waals surface area contributed by atoms with Crippen LogP contribution in [-0.4, -0.2) is 52.0 Å². The number of para-hydroxylation sites is 2. The van der Waals surface area contributed by atoms with Crippen LogP contribution in [0.1, 0.15) is 60.3 Å². The van der Waals surface area contributed by atoms with Gasteiger partial charge < -0.3 is 15.5 Å². The van der Waals surface area contributed by atoms with Gasteiger partial charge in [-0.3, -0.25) is 9.78 Å². The zero-order valence-electron chi connectivity index (χ0n) is 19.3. The second kappa shape index (κ2) is 9.29. The third kappa shape index (κ3) is 4.74. The highest BCUT2D eigenvalue weighted by molar-refractivity contribution is 5.93. The van der Waals surface area contributed by atoms with Crippen LogP contribution >= 0.6 is 0 Å². The second-order valence-electron chi connectivity index (χ2n) is 9.31. The highest BCUT2D eigenvalue weighted by atomic mass is 16.1. The minimum absolute atomic E-state index is 0.144. The lowest BCUT2D eigenvalue weighted by atomic mass is 9.91. The van der Waals surface area contributed by atoms with E-state index >= 15 is 0 Å². The van der Waals surface area contributed by atoms with E-state index in [0.29, 0.717) is 11.7 Å². The Bertz CT molecular complexity index is 1150. The van der Waals surface area contributed by atoms with Crippen LogP contribution < -0.4 is 15.5 Å². The Morgan fingerprint density at radius 1 is 0.939 bits per heavy atom. The van der Waals surface area contributed by atoms with Crippen molar-refractivity contribution < 1.29 is 4.79 Å². The third-order valence-corrected chi connectivity index (χ3v) is 6.66. The van der Waals surface area contributed by atoms with Crippen molar-refractivity contribution in [1.29, 1.82) is 0 Å². The van der Waals surface area contributed by atoms with E-state index in [1.54, 1.807) is 6.20 Å². The zero-order chi connectivity index (χ0) is 22.8. The molecule has 0 radical (unpaired) electrons. The quantitative estimate of drug-likeness (QED) is 0.620.